The van der Waals surface area contributed by atoms with E-state index in [2.05, 4.69) is 15.9 Å². The average Bonchev–Trinajstić information content (AvgIpc) is 2.92. The van der Waals surface area contributed by atoms with E-state index in [4.69, 9.17) is 9.47 Å². The van der Waals surface area contributed by atoms with Crippen molar-refractivity contribution < 1.29 is 19.5 Å². The second-order valence-corrected chi connectivity index (χ2v) is 5.96. The molecule has 1 N–H and O–H groups in total. The van der Waals surface area contributed by atoms with Crippen molar-refractivity contribution in [1.82, 2.24) is 0 Å². The first-order valence-electron chi connectivity index (χ1n) is 6.89. The third-order valence-electron chi connectivity index (χ3n) is 3.42. The highest BCUT2D eigenvalue weighted by molar-refractivity contribution is 9.10. The molecular weight excluding hydrogens is 342 g/mol. The van der Waals surface area contributed by atoms with Crippen LogP contribution in [0.15, 0.2) is 16.6 Å². The van der Waals surface area contributed by atoms with Crippen molar-refractivity contribution in [3.05, 3.63) is 32.3 Å². The van der Waals surface area contributed by atoms with Gasteiger partial charge in [-0.15, -0.1) is 0 Å². The van der Waals surface area contributed by atoms with Crippen LogP contribution in [0, 0.1) is 10.1 Å². The molecular formula is C14H18BrNO5. The van der Waals surface area contributed by atoms with Crippen molar-refractivity contribution in [1.29, 1.82) is 0 Å². The number of benzene rings is 1. The molecule has 1 aliphatic heterocycles. The Hall–Kier alpha value is -1.18. The third-order valence-corrected chi connectivity index (χ3v) is 3.88. The fourth-order valence-corrected chi connectivity index (χ4v) is 2.83. The van der Waals surface area contributed by atoms with Gasteiger partial charge in [0.05, 0.1) is 23.7 Å². The normalized spacial score (nSPS) is 19.5. The maximum Gasteiger partial charge on any atom is 0.312 e. The minimum atomic E-state index is -0.848. The Balaban J connectivity index is 2.16. The number of halogens is 1. The number of nitro groups is 1. The summed E-state index contributed by atoms with van der Waals surface area (Å²) in [4.78, 5) is 10.7. The number of hydrogen-bond donors (Lipinski definition) is 1. The first-order chi connectivity index (χ1) is 9.99. The van der Waals surface area contributed by atoms with Crippen molar-refractivity contribution in [3.8, 4) is 5.75 Å². The minimum absolute atomic E-state index is 0.135. The fourth-order valence-electron chi connectivity index (χ4n) is 2.37. The summed E-state index contributed by atoms with van der Waals surface area (Å²) in [6.07, 6.45) is 2.04. The number of hydrogen-bond acceptors (Lipinski definition) is 5. The Morgan fingerprint density at radius 1 is 1.62 bits per heavy atom. The van der Waals surface area contributed by atoms with Crippen LogP contribution >= 0.6 is 15.9 Å². The molecule has 7 heteroatoms. The quantitative estimate of drug-likeness (QED) is 0.621. The van der Waals surface area contributed by atoms with E-state index in [1.807, 2.05) is 0 Å². The zero-order chi connectivity index (χ0) is 15.4. The van der Waals surface area contributed by atoms with Gasteiger partial charge in [-0.1, -0.05) is 15.9 Å². The molecule has 2 unspecified atom stereocenters. The average molecular weight is 360 g/mol. The van der Waals surface area contributed by atoms with Crippen LogP contribution in [-0.4, -0.2) is 29.3 Å². The van der Waals surface area contributed by atoms with E-state index in [0.29, 0.717) is 23.1 Å². The van der Waals surface area contributed by atoms with Crippen molar-refractivity contribution >= 4 is 21.6 Å². The highest BCUT2D eigenvalue weighted by Gasteiger charge is 2.24. The number of ether oxygens (including phenoxy) is 2. The van der Waals surface area contributed by atoms with Gasteiger partial charge in [0.2, 0.25) is 5.75 Å². The van der Waals surface area contributed by atoms with Crippen LogP contribution in [0.4, 0.5) is 5.69 Å². The lowest BCUT2D eigenvalue weighted by molar-refractivity contribution is -0.386. The molecule has 2 atom stereocenters. The smallest absolute Gasteiger partial charge is 0.312 e. The van der Waals surface area contributed by atoms with E-state index in [0.717, 1.165) is 19.4 Å². The van der Waals surface area contributed by atoms with Gasteiger partial charge in [0.1, 0.15) is 0 Å². The molecule has 1 aromatic rings. The third kappa shape index (κ3) is 4.15. The Morgan fingerprint density at radius 2 is 2.38 bits per heavy atom. The molecule has 1 aliphatic rings. The second-order valence-electron chi connectivity index (χ2n) is 5.05. The summed E-state index contributed by atoms with van der Waals surface area (Å²) in [5, 5.41) is 21.0. The van der Waals surface area contributed by atoms with Crippen LogP contribution in [0.1, 0.15) is 37.9 Å². The Morgan fingerprint density at radius 3 is 2.95 bits per heavy atom. The molecule has 1 saturated heterocycles. The van der Waals surface area contributed by atoms with E-state index < -0.39 is 11.0 Å². The lowest BCUT2D eigenvalue weighted by Crippen LogP contribution is -2.12. The Kier molecular flexibility index (Phi) is 5.55. The first kappa shape index (κ1) is 16.2. The topological polar surface area (TPSA) is 81.8 Å². The molecule has 1 aromatic carbocycles. The summed E-state index contributed by atoms with van der Waals surface area (Å²) in [6.45, 7) is 2.65. The van der Waals surface area contributed by atoms with E-state index in [1.54, 1.807) is 13.0 Å². The van der Waals surface area contributed by atoms with Crippen molar-refractivity contribution in [2.75, 3.05) is 13.2 Å². The number of aliphatic hydroxyl groups is 1. The van der Waals surface area contributed by atoms with Gasteiger partial charge in [-0.25, -0.2) is 0 Å². The zero-order valence-electron chi connectivity index (χ0n) is 11.8. The monoisotopic (exact) mass is 359 g/mol. The SMILES string of the molecule is CC(O)c1cc(Br)cc([N+](=O)[O-])c1OCCC1CCCO1. The summed E-state index contributed by atoms with van der Waals surface area (Å²) in [7, 11) is 0. The summed E-state index contributed by atoms with van der Waals surface area (Å²) < 4.78 is 11.6. The van der Waals surface area contributed by atoms with Gasteiger partial charge in [-0.3, -0.25) is 10.1 Å². The van der Waals surface area contributed by atoms with Crippen LogP contribution in [0.2, 0.25) is 0 Å². The summed E-state index contributed by atoms with van der Waals surface area (Å²) in [5.74, 6) is 0.135. The molecule has 0 aliphatic carbocycles. The molecule has 21 heavy (non-hydrogen) atoms. The van der Waals surface area contributed by atoms with E-state index in [9.17, 15) is 15.2 Å². The molecule has 2 rings (SSSR count). The predicted molar refractivity (Wildman–Crippen MR) is 80.5 cm³/mol. The second kappa shape index (κ2) is 7.20. The minimum Gasteiger partial charge on any atom is -0.486 e. The summed E-state index contributed by atoms with van der Waals surface area (Å²) >= 11 is 3.21. The molecule has 6 nitrogen and oxygen atoms in total. The maximum atomic E-state index is 11.2. The lowest BCUT2D eigenvalue weighted by Gasteiger charge is -2.15. The largest absolute Gasteiger partial charge is 0.486 e. The predicted octanol–water partition coefficient (Wildman–Crippen LogP) is 3.36. The van der Waals surface area contributed by atoms with Gasteiger partial charge < -0.3 is 14.6 Å². The van der Waals surface area contributed by atoms with Gasteiger partial charge in [0.25, 0.3) is 0 Å². The highest BCUT2D eigenvalue weighted by atomic mass is 79.9. The number of rotatable bonds is 6. The molecule has 0 spiro atoms. The molecule has 0 bridgehead atoms. The van der Waals surface area contributed by atoms with Crippen LogP contribution < -0.4 is 4.74 Å². The van der Waals surface area contributed by atoms with Gasteiger partial charge >= 0.3 is 5.69 Å². The van der Waals surface area contributed by atoms with Crippen LogP contribution in [0.25, 0.3) is 0 Å². The summed E-state index contributed by atoms with van der Waals surface area (Å²) in [6, 6.07) is 3.02. The van der Waals surface area contributed by atoms with Gasteiger partial charge in [0, 0.05) is 29.1 Å². The van der Waals surface area contributed by atoms with E-state index in [1.165, 1.54) is 6.07 Å². The van der Waals surface area contributed by atoms with Crippen molar-refractivity contribution in [2.45, 2.75) is 38.4 Å². The molecule has 1 fully saturated rings. The van der Waals surface area contributed by atoms with Gasteiger partial charge in [-0.05, 0) is 25.8 Å². The Bertz CT molecular complexity index is 514. The van der Waals surface area contributed by atoms with Gasteiger partial charge in [-0.2, -0.15) is 0 Å². The van der Waals surface area contributed by atoms with Crippen LogP contribution in [-0.2, 0) is 4.74 Å². The van der Waals surface area contributed by atoms with E-state index >= 15 is 0 Å². The molecule has 1 heterocycles. The highest BCUT2D eigenvalue weighted by Crippen LogP contribution is 2.38. The zero-order valence-corrected chi connectivity index (χ0v) is 13.3. The lowest BCUT2D eigenvalue weighted by atomic mass is 10.1. The van der Waals surface area contributed by atoms with Crippen molar-refractivity contribution in [3.63, 3.8) is 0 Å². The fraction of sp³-hybridized carbons (Fsp3) is 0.571. The van der Waals surface area contributed by atoms with Crippen LogP contribution in [0.3, 0.4) is 0 Å². The number of nitrogens with zero attached hydrogens (tertiary/aromatic N) is 1. The molecule has 0 radical (unpaired) electrons. The standard InChI is InChI=1S/C14H18BrNO5/c1-9(17)12-7-10(15)8-13(16(18)19)14(12)21-6-4-11-3-2-5-20-11/h7-9,11,17H,2-6H2,1H3. The Labute approximate surface area is 131 Å². The van der Waals surface area contributed by atoms with Gasteiger partial charge in [0.15, 0.2) is 0 Å². The molecule has 0 saturated carbocycles. The molecule has 0 aromatic heterocycles. The summed E-state index contributed by atoms with van der Waals surface area (Å²) in [5.41, 5.74) is 0.260. The maximum absolute atomic E-state index is 11.2. The van der Waals surface area contributed by atoms with Crippen LogP contribution in [0.5, 0.6) is 5.75 Å². The molecule has 0 amide bonds. The number of aliphatic hydroxyl groups excluding tert-OH is 1. The van der Waals surface area contributed by atoms with Crippen molar-refractivity contribution in [2.24, 2.45) is 0 Å². The number of nitro benzene ring substituents is 1. The first-order valence-corrected chi connectivity index (χ1v) is 7.68. The van der Waals surface area contributed by atoms with E-state index in [-0.39, 0.29) is 17.5 Å². The molecule has 116 valence electrons.